The molecule has 0 spiro atoms. The van der Waals surface area contributed by atoms with Gasteiger partial charge in [-0.1, -0.05) is 6.07 Å². The molecule has 0 unspecified atom stereocenters. The molecule has 0 aliphatic rings. The Morgan fingerprint density at radius 3 is 2.12 bits per heavy atom. The van der Waals surface area contributed by atoms with Gasteiger partial charge in [0, 0.05) is 0 Å². The highest BCUT2D eigenvalue weighted by atomic mass is 16.6. The van der Waals surface area contributed by atoms with Gasteiger partial charge in [0.15, 0.2) is 29.8 Å². The molecule has 0 aliphatic heterocycles. The van der Waals surface area contributed by atoms with Crippen LogP contribution in [-0.2, 0) is 17.6 Å². The molecule has 32 heavy (non-hydrogen) atoms. The van der Waals surface area contributed by atoms with Crippen LogP contribution in [0.2, 0.25) is 0 Å². The molecule has 178 valence electrons. The Bertz CT molecular complexity index is 840. The smallest absolute Gasteiger partial charge is 0.200 e. The molecular formula is C23H32O9. The first-order chi connectivity index (χ1) is 15.4. The van der Waals surface area contributed by atoms with Gasteiger partial charge in [-0.2, -0.15) is 0 Å². The van der Waals surface area contributed by atoms with Gasteiger partial charge in [-0.25, -0.2) is 0 Å². The van der Waals surface area contributed by atoms with E-state index in [1.165, 1.54) is 14.2 Å². The molecule has 0 saturated carbocycles. The number of aliphatic hydroxyl groups excluding tert-OH is 3. The molecular weight excluding hydrogens is 420 g/mol. The summed E-state index contributed by atoms with van der Waals surface area (Å²) < 4.78 is 20.6. The molecule has 0 radical (unpaired) electrons. The summed E-state index contributed by atoms with van der Waals surface area (Å²) in [5.41, 5.74) is 1.70. The predicted octanol–water partition coefficient (Wildman–Crippen LogP) is 2.10. The Kier molecular flexibility index (Phi) is 10.4. The maximum Gasteiger partial charge on any atom is 0.200 e. The fourth-order valence-electron chi connectivity index (χ4n) is 3.45. The van der Waals surface area contributed by atoms with Gasteiger partial charge in [0.2, 0.25) is 5.75 Å². The lowest BCUT2D eigenvalue weighted by atomic mass is 9.98. The van der Waals surface area contributed by atoms with Crippen molar-refractivity contribution in [1.29, 1.82) is 0 Å². The highest BCUT2D eigenvalue weighted by Gasteiger charge is 2.17. The van der Waals surface area contributed by atoms with Crippen LogP contribution in [-0.4, -0.2) is 65.5 Å². The van der Waals surface area contributed by atoms with E-state index in [1.54, 1.807) is 30.3 Å². The minimum absolute atomic E-state index is 0.0632. The van der Waals surface area contributed by atoms with Crippen LogP contribution in [0.3, 0.4) is 0 Å². The topological polar surface area (TPSA) is 138 Å². The summed E-state index contributed by atoms with van der Waals surface area (Å²) in [6, 6.07) is 8.32. The van der Waals surface area contributed by atoms with E-state index < -0.39 is 19.7 Å². The molecule has 9 nitrogen and oxygen atoms in total. The lowest BCUT2D eigenvalue weighted by Gasteiger charge is -2.20. The SMILES string of the molecule is COc1cc(CC[C@@H](C[C@@H](O)CCc2cc(OC)c(O)c(OCO)c2)OCO)ccc1O. The molecule has 0 saturated heterocycles. The zero-order valence-corrected chi connectivity index (χ0v) is 18.4. The molecule has 2 rings (SSSR count). The van der Waals surface area contributed by atoms with E-state index in [9.17, 15) is 20.4 Å². The second kappa shape index (κ2) is 13.0. The first-order valence-electron chi connectivity index (χ1n) is 10.3. The standard InChI is InChI=1S/C23H32O9/c1-29-20-9-15(5-8-19(20)27)4-7-18(31-13-24)12-17(26)6-3-16-10-21(30-2)23(28)22(11-16)32-14-25/h5,8-11,17-18,24-28H,3-4,6-7,12-14H2,1-2H3/t17-,18-/m0/s1. The van der Waals surface area contributed by atoms with Crippen molar-refractivity contribution in [2.75, 3.05) is 27.8 Å². The number of phenols is 2. The molecule has 0 bridgehead atoms. The zero-order chi connectivity index (χ0) is 23.5. The number of phenolic OH excluding ortho intramolecular Hbond substituents is 2. The normalized spacial score (nSPS) is 12.9. The molecule has 0 heterocycles. The molecule has 0 fully saturated rings. The third kappa shape index (κ3) is 7.45. The van der Waals surface area contributed by atoms with Crippen LogP contribution in [0.4, 0.5) is 0 Å². The quantitative estimate of drug-likeness (QED) is 0.273. The van der Waals surface area contributed by atoms with Gasteiger partial charge in [-0.3, -0.25) is 0 Å². The fraction of sp³-hybridized carbons (Fsp3) is 0.478. The lowest BCUT2D eigenvalue weighted by molar-refractivity contribution is -0.0690. The molecule has 2 aromatic carbocycles. The third-order valence-corrected chi connectivity index (χ3v) is 5.15. The molecule has 9 heteroatoms. The van der Waals surface area contributed by atoms with E-state index in [0.717, 1.165) is 11.1 Å². The van der Waals surface area contributed by atoms with Crippen LogP contribution in [0.5, 0.6) is 28.7 Å². The molecule has 2 atom stereocenters. The molecule has 0 amide bonds. The van der Waals surface area contributed by atoms with Crippen molar-refractivity contribution in [2.24, 2.45) is 0 Å². The number of ether oxygens (including phenoxy) is 4. The first-order valence-corrected chi connectivity index (χ1v) is 10.3. The van der Waals surface area contributed by atoms with Gasteiger partial charge in [0.05, 0.1) is 26.4 Å². The number of rotatable bonds is 14. The van der Waals surface area contributed by atoms with Crippen LogP contribution in [0.25, 0.3) is 0 Å². The summed E-state index contributed by atoms with van der Waals surface area (Å²) in [6.45, 7) is -1.04. The van der Waals surface area contributed by atoms with E-state index in [0.29, 0.717) is 37.9 Å². The number of methoxy groups -OCH3 is 2. The number of hydrogen-bond donors (Lipinski definition) is 5. The molecule has 5 N–H and O–H groups in total. The second-order valence-electron chi connectivity index (χ2n) is 7.31. The molecule has 2 aromatic rings. The van der Waals surface area contributed by atoms with Crippen molar-refractivity contribution in [3.05, 3.63) is 41.5 Å². The Hall–Kier alpha value is -2.72. The van der Waals surface area contributed by atoms with Gasteiger partial charge in [-0.15, -0.1) is 0 Å². The molecule has 0 aromatic heterocycles. The zero-order valence-electron chi connectivity index (χ0n) is 18.4. The minimum Gasteiger partial charge on any atom is -0.504 e. The van der Waals surface area contributed by atoms with Gasteiger partial charge in [0.1, 0.15) is 6.79 Å². The third-order valence-electron chi connectivity index (χ3n) is 5.15. The van der Waals surface area contributed by atoms with Gasteiger partial charge >= 0.3 is 0 Å². The molecule has 0 aliphatic carbocycles. The van der Waals surface area contributed by atoms with Crippen molar-refractivity contribution in [3.63, 3.8) is 0 Å². The van der Waals surface area contributed by atoms with Gasteiger partial charge < -0.3 is 44.5 Å². The van der Waals surface area contributed by atoms with Crippen molar-refractivity contribution in [2.45, 2.75) is 44.3 Å². The van der Waals surface area contributed by atoms with Gasteiger partial charge in [0.25, 0.3) is 0 Å². The Morgan fingerprint density at radius 1 is 0.812 bits per heavy atom. The van der Waals surface area contributed by atoms with Crippen LogP contribution >= 0.6 is 0 Å². The van der Waals surface area contributed by atoms with Crippen molar-refractivity contribution >= 4 is 0 Å². The van der Waals surface area contributed by atoms with Crippen molar-refractivity contribution in [3.8, 4) is 28.7 Å². The van der Waals surface area contributed by atoms with Crippen LogP contribution < -0.4 is 14.2 Å². The Morgan fingerprint density at radius 2 is 1.47 bits per heavy atom. The first kappa shape index (κ1) is 25.5. The van der Waals surface area contributed by atoms with Crippen LogP contribution in [0.15, 0.2) is 30.3 Å². The largest absolute Gasteiger partial charge is 0.504 e. The summed E-state index contributed by atoms with van der Waals surface area (Å²) >= 11 is 0. The van der Waals surface area contributed by atoms with Crippen molar-refractivity contribution in [1.82, 2.24) is 0 Å². The van der Waals surface area contributed by atoms with E-state index in [1.807, 2.05) is 0 Å². The van der Waals surface area contributed by atoms with Crippen molar-refractivity contribution < 1.29 is 44.5 Å². The fourth-order valence-corrected chi connectivity index (χ4v) is 3.45. The van der Waals surface area contributed by atoms with Crippen LogP contribution in [0, 0.1) is 0 Å². The summed E-state index contributed by atoms with van der Waals surface area (Å²) in [7, 11) is 2.90. The maximum atomic E-state index is 10.5. The Balaban J connectivity index is 1.94. The predicted molar refractivity (Wildman–Crippen MR) is 116 cm³/mol. The number of aromatic hydroxyl groups is 2. The summed E-state index contributed by atoms with van der Waals surface area (Å²) in [5.74, 6) is 0.561. The monoisotopic (exact) mass is 452 g/mol. The van der Waals surface area contributed by atoms with Gasteiger partial charge in [-0.05, 0) is 67.5 Å². The van der Waals surface area contributed by atoms with E-state index in [4.69, 9.17) is 24.1 Å². The lowest BCUT2D eigenvalue weighted by Crippen LogP contribution is -2.22. The minimum atomic E-state index is -0.692. The highest BCUT2D eigenvalue weighted by molar-refractivity contribution is 5.52. The number of hydrogen-bond acceptors (Lipinski definition) is 9. The van der Waals surface area contributed by atoms with Crippen LogP contribution in [0.1, 0.15) is 30.4 Å². The van der Waals surface area contributed by atoms with E-state index >= 15 is 0 Å². The Labute approximate surface area is 187 Å². The van der Waals surface area contributed by atoms with E-state index in [2.05, 4.69) is 0 Å². The van der Waals surface area contributed by atoms with E-state index in [-0.39, 0.29) is 29.1 Å². The maximum absolute atomic E-state index is 10.5. The highest BCUT2D eigenvalue weighted by Crippen LogP contribution is 2.37. The summed E-state index contributed by atoms with van der Waals surface area (Å²) in [4.78, 5) is 0. The summed E-state index contributed by atoms with van der Waals surface area (Å²) in [6.07, 6.45) is 1.33. The number of aliphatic hydroxyl groups is 3. The number of aryl methyl sites for hydroxylation is 2. The average Bonchev–Trinajstić information content (AvgIpc) is 2.79. The number of benzene rings is 2. The summed E-state index contributed by atoms with van der Waals surface area (Å²) in [5, 5.41) is 48.4. The average molecular weight is 453 g/mol. The second-order valence-corrected chi connectivity index (χ2v) is 7.31.